The number of carboxylic acids is 1. The van der Waals surface area contributed by atoms with Crippen molar-refractivity contribution in [2.24, 2.45) is 0 Å². The Hall–Kier alpha value is -3.51. The van der Waals surface area contributed by atoms with Gasteiger partial charge in [-0.1, -0.05) is 36.4 Å². The summed E-state index contributed by atoms with van der Waals surface area (Å²) in [6, 6.07) is 16.2. The molecule has 1 N–H and O–H groups in total. The van der Waals surface area contributed by atoms with Gasteiger partial charge < -0.3 is 5.11 Å². The fourth-order valence-corrected chi connectivity index (χ4v) is 5.33. The van der Waals surface area contributed by atoms with Crippen molar-refractivity contribution in [1.29, 1.82) is 0 Å². The summed E-state index contributed by atoms with van der Waals surface area (Å²) < 4.78 is 1.59. The zero-order chi connectivity index (χ0) is 21.4. The maximum Gasteiger partial charge on any atom is 0.335 e. The van der Waals surface area contributed by atoms with Crippen molar-refractivity contribution < 1.29 is 9.90 Å². The van der Waals surface area contributed by atoms with E-state index in [0.29, 0.717) is 16.9 Å². The molecule has 0 atom stereocenters. The molecule has 5 nitrogen and oxygen atoms in total. The number of carboxylic acid groups (broad SMARTS) is 1. The Bertz CT molecular complexity index is 1370. The molecule has 0 spiro atoms. The summed E-state index contributed by atoms with van der Waals surface area (Å²) >= 11 is 1.62. The Morgan fingerprint density at radius 3 is 2.48 bits per heavy atom. The highest BCUT2D eigenvalue weighted by Gasteiger charge is 2.22. The fraction of sp³-hybridized carbons (Fsp3) is 0.160. The normalized spacial score (nSPS) is 13.5. The number of hydrogen-bond donors (Lipinski definition) is 1. The smallest absolute Gasteiger partial charge is 0.335 e. The molecule has 2 aromatic carbocycles. The van der Waals surface area contributed by atoms with Gasteiger partial charge in [0, 0.05) is 4.88 Å². The number of rotatable bonds is 4. The van der Waals surface area contributed by atoms with E-state index in [1.54, 1.807) is 28.0 Å². The predicted molar refractivity (Wildman–Crippen MR) is 124 cm³/mol. The van der Waals surface area contributed by atoms with Crippen LogP contribution in [0, 0.1) is 0 Å². The van der Waals surface area contributed by atoms with Crippen LogP contribution in [0.1, 0.15) is 45.0 Å². The zero-order valence-electron chi connectivity index (χ0n) is 16.7. The first-order chi connectivity index (χ1) is 15.1. The lowest BCUT2D eigenvalue weighted by Crippen LogP contribution is -2.23. The lowest BCUT2D eigenvalue weighted by molar-refractivity contribution is 0.0697. The molecule has 6 heteroatoms. The van der Waals surface area contributed by atoms with Crippen molar-refractivity contribution in [3.63, 3.8) is 0 Å². The monoisotopic (exact) mass is 428 g/mol. The highest BCUT2D eigenvalue weighted by Crippen LogP contribution is 2.34. The number of thiophene rings is 1. The third-order valence-corrected chi connectivity index (χ3v) is 6.80. The van der Waals surface area contributed by atoms with Gasteiger partial charge in [-0.05, 0) is 67.2 Å². The molecular weight excluding hydrogens is 408 g/mol. The highest BCUT2D eigenvalue weighted by molar-refractivity contribution is 7.18. The summed E-state index contributed by atoms with van der Waals surface area (Å²) in [6.45, 7) is 0. The number of aryl methyl sites for hydroxylation is 2. The average Bonchev–Trinajstić information content (AvgIpc) is 3.17. The van der Waals surface area contributed by atoms with Crippen LogP contribution in [0.25, 0.3) is 28.1 Å². The summed E-state index contributed by atoms with van der Waals surface area (Å²) in [6.07, 6.45) is 7.91. The van der Waals surface area contributed by atoms with Crippen LogP contribution in [0.2, 0.25) is 0 Å². The van der Waals surface area contributed by atoms with E-state index in [9.17, 15) is 14.7 Å². The molecule has 4 aromatic rings. The maximum absolute atomic E-state index is 13.7. The van der Waals surface area contributed by atoms with Crippen molar-refractivity contribution in [2.75, 3.05) is 0 Å². The summed E-state index contributed by atoms with van der Waals surface area (Å²) in [5.74, 6) is -0.466. The molecule has 0 fully saturated rings. The molecule has 5 rings (SSSR count). The van der Waals surface area contributed by atoms with Crippen LogP contribution in [0.4, 0.5) is 0 Å². The average molecular weight is 429 g/mol. The summed E-state index contributed by atoms with van der Waals surface area (Å²) in [5.41, 5.74) is 2.83. The van der Waals surface area contributed by atoms with E-state index in [1.165, 1.54) is 17.0 Å². The number of nitrogens with zero attached hydrogens (tertiary/aromatic N) is 2. The molecule has 1 aliphatic rings. The second-order valence-electron chi connectivity index (χ2n) is 7.60. The largest absolute Gasteiger partial charge is 0.478 e. The number of carbonyl (C=O) groups is 1. The lowest BCUT2D eigenvalue weighted by Gasteiger charge is -2.12. The third-order valence-electron chi connectivity index (χ3n) is 5.61. The van der Waals surface area contributed by atoms with Gasteiger partial charge in [0.2, 0.25) is 0 Å². The van der Waals surface area contributed by atoms with Gasteiger partial charge in [-0.2, -0.15) is 0 Å². The fourth-order valence-electron chi connectivity index (χ4n) is 4.07. The Balaban J connectivity index is 1.73. The van der Waals surface area contributed by atoms with Crippen LogP contribution in [0.3, 0.4) is 0 Å². The lowest BCUT2D eigenvalue weighted by atomic mass is 9.97. The molecule has 2 aromatic heterocycles. The Morgan fingerprint density at radius 2 is 1.74 bits per heavy atom. The van der Waals surface area contributed by atoms with Gasteiger partial charge >= 0.3 is 5.97 Å². The molecular formula is C25H20N2O3S. The molecule has 31 heavy (non-hydrogen) atoms. The molecule has 154 valence electrons. The minimum absolute atomic E-state index is 0.0970. The standard InChI is InChI=1S/C25H20N2O3S/c28-24-22-19-8-4-5-9-20(19)31-23(22)26-21(15-10-16-6-2-1-3-7-16)27(24)18-13-11-17(12-14-18)25(29)30/h1-3,6-7,10-15H,4-5,8-9H2,(H,29,30)/b15-10+. The quantitative estimate of drug-likeness (QED) is 0.485. The van der Waals surface area contributed by atoms with Gasteiger partial charge in [-0.15, -0.1) is 11.3 Å². The van der Waals surface area contributed by atoms with Gasteiger partial charge in [0.25, 0.3) is 5.56 Å². The Labute approximate surface area is 182 Å². The van der Waals surface area contributed by atoms with Crippen LogP contribution in [0.5, 0.6) is 0 Å². The predicted octanol–water partition coefficient (Wildman–Crippen LogP) is 5.19. The Kier molecular flexibility index (Phi) is 5.00. The van der Waals surface area contributed by atoms with Crippen LogP contribution >= 0.6 is 11.3 Å². The number of aromatic carboxylic acids is 1. The van der Waals surface area contributed by atoms with E-state index < -0.39 is 5.97 Å². The minimum atomic E-state index is -0.997. The Morgan fingerprint density at radius 1 is 1.00 bits per heavy atom. The van der Waals surface area contributed by atoms with Crippen LogP contribution in [-0.2, 0) is 12.8 Å². The molecule has 0 amide bonds. The molecule has 0 saturated carbocycles. The van der Waals surface area contributed by atoms with Crippen molar-refractivity contribution in [3.05, 3.63) is 92.3 Å². The topological polar surface area (TPSA) is 72.2 Å². The molecule has 0 radical (unpaired) electrons. The summed E-state index contributed by atoms with van der Waals surface area (Å²) in [7, 11) is 0. The van der Waals surface area contributed by atoms with Crippen molar-refractivity contribution in [3.8, 4) is 5.69 Å². The highest BCUT2D eigenvalue weighted by atomic mass is 32.1. The van der Waals surface area contributed by atoms with Crippen LogP contribution < -0.4 is 5.56 Å². The number of hydrogen-bond acceptors (Lipinski definition) is 4. The van der Waals surface area contributed by atoms with Gasteiger partial charge in [-0.25, -0.2) is 9.78 Å². The zero-order valence-corrected chi connectivity index (χ0v) is 17.6. The second kappa shape index (κ2) is 7.96. The van der Waals surface area contributed by atoms with Gasteiger partial charge in [0.1, 0.15) is 10.7 Å². The SMILES string of the molecule is O=C(O)c1ccc(-n2c(/C=C/c3ccccc3)nc3sc4c(c3c2=O)CCCC4)cc1. The second-order valence-corrected chi connectivity index (χ2v) is 8.68. The van der Waals surface area contributed by atoms with E-state index in [0.717, 1.165) is 41.6 Å². The van der Waals surface area contributed by atoms with Crippen LogP contribution in [-0.4, -0.2) is 20.6 Å². The molecule has 0 saturated heterocycles. The van der Waals surface area contributed by atoms with E-state index >= 15 is 0 Å². The molecule has 2 heterocycles. The van der Waals surface area contributed by atoms with E-state index in [-0.39, 0.29) is 11.1 Å². The van der Waals surface area contributed by atoms with E-state index in [4.69, 9.17) is 4.98 Å². The third kappa shape index (κ3) is 3.59. The van der Waals surface area contributed by atoms with Gasteiger partial charge in [0.05, 0.1) is 16.6 Å². The minimum Gasteiger partial charge on any atom is -0.478 e. The number of benzene rings is 2. The molecule has 0 bridgehead atoms. The first-order valence-electron chi connectivity index (χ1n) is 10.3. The summed E-state index contributed by atoms with van der Waals surface area (Å²) in [4.78, 5) is 31.9. The van der Waals surface area contributed by atoms with Gasteiger partial charge in [0.15, 0.2) is 0 Å². The van der Waals surface area contributed by atoms with Crippen LogP contribution in [0.15, 0.2) is 59.4 Å². The molecule has 1 aliphatic carbocycles. The number of aromatic nitrogens is 2. The molecule has 0 aliphatic heterocycles. The van der Waals surface area contributed by atoms with Gasteiger partial charge in [-0.3, -0.25) is 9.36 Å². The first kappa shape index (κ1) is 19.5. The van der Waals surface area contributed by atoms with E-state index in [1.807, 2.05) is 42.5 Å². The van der Waals surface area contributed by atoms with Crippen molar-refractivity contribution in [1.82, 2.24) is 9.55 Å². The first-order valence-corrected chi connectivity index (χ1v) is 11.1. The maximum atomic E-state index is 13.7. The van der Waals surface area contributed by atoms with Crippen molar-refractivity contribution in [2.45, 2.75) is 25.7 Å². The summed E-state index contributed by atoms with van der Waals surface area (Å²) in [5, 5.41) is 9.93. The van der Waals surface area contributed by atoms with Crippen molar-refractivity contribution >= 4 is 39.7 Å². The van der Waals surface area contributed by atoms with E-state index in [2.05, 4.69) is 0 Å². The molecule has 0 unspecified atom stereocenters. The number of fused-ring (bicyclic) bond motifs is 3.